The highest BCUT2D eigenvalue weighted by molar-refractivity contribution is 9.09. The van der Waals surface area contributed by atoms with Crippen LogP contribution in [-0.2, 0) is 0 Å². The lowest BCUT2D eigenvalue weighted by molar-refractivity contribution is 0.294. The van der Waals surface area contributed by atoms with E-state index in [-0.39, 0.29) is 0 Å². The number of rotatable bonds is 2. The van der Waals surface area contributed by atoms with Crippen LogP contribution in [0.5, 0.6) is 0 Å². The van der Waals surface area contributed by atoms with Crippen molar-refractivity contribution in [3.05, 3.63) is 0 Å². The smallest absolute Gasteiger partial charge is 0.00851 e. The van der Waals surface area contributed by atoms with E-state index in [0.717, 1.165) is 11.2 Å². The molecule has 0 amide bonds. The van der Waals surface area contributed by atoms with Crippen molar-refractivity contribution >= 4 is 15.9 Å². The molecule has 0 atom stereocenters. The fourth-order valence-electron chi connectivity index (χ4n) is 0.154. The van der Waals surface area contributed by atoms with E-state index >= 15 is 0 Å². The van der Waals surface area contributed by atoms with Crippen LogP contribution in [0.2, 0.25) is 0 Å². The van der Waals surface area contributed by atoms with Crippen LogP contribution in [0, 0.1) is 11.3 Å². The molecule has 0 nitrogen and oxygen atoms in total. The van der Waals surface area contributed by atoms with Crippen LogP contribution in [0.15, 0.2) is 0 Å². The SMILES string of the molecule is CC(C)C(C)(C)CBr. The van der Waals surface area contributed by atoms with Gasteiger partial charge in [0.05, 0.1) is 0 Å². The molecule has 0 rings (SSSR count). The molecule has 0 N–H and O–H groups in total. The molecule has 0 aliphatic heterocycles. The molecule has 0 aliphatic carbocycles. The van der Waals surface area contributed by atoms with E-state index in [1.165, 1.54) is 0 Å². The van der Waals surface area contributed by atoms with Crippen LogP contribution < -0.4 is 0 Å². The average molecular weight is 179 g/mol. The zero-order chi connectivity index (χ0) is 6.78. The van der Waals surface area contributed by atoms with Gasteiger partial charge >= 0.3 is 0 Å². The third kappa shape index (κ3) is 2.17. The molecule has 0 aromatic carbocycles. The molecule has 0 spiro atoms. The fourth-order valence-corrected chi connectivity index (χ4v) is 0.802. The third-order valence-electron chi connectivity index (χ3n) is 1.91. The number of halogens is 1. The summed E-state index contributed by atoms with van der Waals surface area (Å²) in [5.74, 6) is 0.766. The minimum atomic E-state index is 0.458. The predicted molar refractivity (Wildman–Crippen MR) is 42.4 cm³/mol. The molecule has 0 saturated carbocycles. The molecular formula is C7H15Br. The monoisotopic (exact) mass is 178 g/mol. The van der Waals surface area contributed by atoms with Gasteiger partial charge in [0.2, 0.25) is 0 Å². The molecule has 0 heterocycles. The average Bonchev–Trinajstić information content (AvgIpc) is 1.67. The summed E-state index contributed by atoms with van der Waals surface area (Å²) in [7, 11) is 0. The Labute approximate surface area is 60.8 Å². The van der Waals surface area contributed by atoms with Gasteiger partial charge in [0.1, 0.15) is 0 Å². The van der Waals surface area contributed by atoms with Crippen LogP contribution in [0.4, 0.5) is 0 Å². The Hall–Kier alpha value is 0.480. The standard InChI is InChI=1S/C7H15Br/c1-6(2)7(3,4)5-8/h6H,5H2,1-4H3. The summed E-state index contributed by atoms with van der Waals surface area (Å²) in [5, 5.41) is 1.09. The predicted octanol–water partition coefficient (Wildman–Crippen LogP) is 3.06. The quantitative estimate of drug-likeness (QED) is 0.571. The number of hydrogen-bond acceptors (Lipinski definition) is 0. The molecule has 0 aliphatic rings. The second-order valence-electron chi connectivity index (χ2n) is 3.28. The molecule has 0 saturated heterocycles. The summed E-state index contributed by atoms with van der Waals surface area (Å²) in [6, 6.07) is 0. The van der Waals surface area contributed by atoms with Crippen molar-refractivity contribution in [2.75, 3.05) is 5.33 Å². The summed E-state index contributed by atoms with van der Waals surface area (Å²) in [6.45, 7) is 9.04. The van der Waals surface area contributed by atoms with Crippen LogP contribution in [-0.4, -0.2) is 5.33 Å². The largest absolute Gasteiger partial charge is 0.0922 e. The highest BCUT2D eigenvalue weighted by Gasteiger charge is 2.19. The zero-order valence-electron chi connectivity index (χ0n) is 6.16. The molecular weight excluding hydrogens is 164 g/mol. The molecule has 0 radical (unpaired) electrons. The molecule has 0 bridgehead atoms. The van der Waals surface area contributed by atoms with Gasteiger partial charge in [-0.3, -0.25) is 0 Å². The van der Waals surface area contributed by atoms with Gasteiger partial charge < -0.3 is 0 Å². The van der Waals surface area contributed by atoms with Crippen molar-refractivity contribution in [2.45, 2.75) is 27.7 Å². The Morgan fingerprint density at radius 1 is 1.38 bits per heavy atom. The van der Waals surface area contributed by atoms with Gasteiger partial charge in [-0.1, -0.05) is 43.6 Å². The van der Waals surface area contributed by atoms with E-state index in [1.807, 2.05) is 0 Å². The molecule has 1 heteroatoms. The minimum Gasteiger partial charge on any atom is -0.0922 e. The van der Waals surface area contributed by atoms with Gasteiger partial charge in [0.15, 0.2) is 0 Å². The van der Waals surface area contributed by atoms with E-state index in [2.05, 4.69) is 43.6 Å². The Morgan fingerprint density at radius 2 is 1.75 bits per heavy atom. The van der Waals surface area contributed by atoms with Crippen molar-refractivity contribution in [3.63, 3.8) is 0 Å². The normalized spacial score (nSPS) is 12.8. The van der Waals surface area contributed by atoms with Crippen LogP contribution in [0.3, 0.4) is 0 Å². The van der Waals surface area contributed by atoms with Crippen molar-refractivity contribution in [1.82, 2.24) is 0 Å². The van der Waals surface area contributed by atoms with E-state index in [4.69, 9.17) is 0 Å². The first kappa shape index (κ1) is 8.48. The highest BCUT2D eigenvalue weighted by Crippen LogP contribution is 2.27. The molecule has 0 aromatic rings. The summed E-state index contributed by atoms with van der Waals surface area (Å²) in [4.78, 5) is 0. The minimum absolute atomic E-state index is 0.458. The highest BCUT2D eigenvalue weighted by atomic mass is 79.9. The third-order valence-corrected chi connectivity index (χ3v) is 3.35. The maximum Gasteiger partial charge on any atom is 0.00851 e. The Kier molecular flexibility index (Phi) is 3.03. The fraction of sp³-hybridized carbons (Fsp3) is 1.00. The van der Waals surface area contributed by atoms with E-state index in [0.29, 0.717) is 5.41 Å². The molecule has 0 aromatic heterocycles. The first-order valence-electron chi connectivity index (χ1n) is 3.06. The van der Waals surface area contributed by atoms with Gasteiger partial charge in [-0.15, -0.1) is 0 Å². The van der Waals surface area contributed by atoms with Gasteiger partial charge in [0.25, 0.3) is 0 Å². The second-order valence-corrected chi connectivity index (χ2v) is 3.84. The molecule has 8 heavy (non-hydrogen) atoms. The zero-order valence-corrected chi connectivity index (χ0v) is 7.75. The Bertz CT molecular complexity index is 64.8. The van der Waals surface area contributed by atoms with Crippen molar-refractivity contribution in [3.8, 4) is 0 Å². The maximum absolute atomic E-state index is 3.47. The lowest BCUT2D eigenvalue weighted by Gasteiger charge is -2.25. The topological polar surface area (TPSA) is 0 Å². The Morgan fingerprint density at radius 3 is 1.75 bits per heavy atom. The summed E-state index contributed by atoms with van der Waals surface area (Å²) in [6.07, 6.45) is 0. The van der Waals surface area contributed by atoms with Crippen LogP contribution in [0.25, 0.3) is 0 Å². The number of alkyl halides is 1. The Balaban J connectivity index is 3.71. The summed E-state index contributed by atoms with van der Waals surface area (Å²) < 4.78 is 0. The van der Waals surface area contributed by atoms with E-state index in [9.17, 15) is 0 Å². The first-order chi connectivity index (χ1) is 3.50. The second kappa shape index (κ2) is 2.86. The van der Waals surface area contributed by atoms with Crippen molar-refractivity contribution in [2.24, 2.45) is 11.3 Å². The van der Waals surface area contributed by atoms with Gasteiger partial charge in [-0.2, -0.15) is 0 Å². The lowest BCUT2D eigenvalue weighted by atomic mass is 9.84. The first-order valence-corrected chi connectivity index (χ1v) is 4.19. The summed E-state index contributed by atoms with van der Waals surface area (Å²) in [5.41, 5.74) is 0.458. The molecule has 0 unspecified atom stereocenters. The van der Waals surface area contributed by atoms with Crippen molar-refractivity contribution in [1.29, 1.82) is 0 Å². The van der Waals surface area contributed by atoms with Crippen LogP contribution in [0.1, 0.15) is 27.7 Å². The van der Waals surface area contributed by atoms with Gasteiger partial charge in [0, 0.05) is 5.33 Å². The summed E-state index contributed by atoms with van der Waals surface area (Å²) >= 11 is 3.47. The molecule has 0 fully saturated rings. The lowest BCUT2D eigenvalue weighted by Crippen LogP contribution is -2.20. The van der Waals surface area contributed by atoms with Crippen LogP contribution >= 0.6 is 15.9 Å². The van der Waals surface area contributed by atoms with Crippen molar-refractivity contribution < 1.29 is 0 Å². The maximum atomic E-state index is 3.47. The molecule has 50 valence electrons. The van der Waals surface area contributed by atoms with Gasteiger partial charge in [-0.25, -0.2) is 0 Å². The van der Waals surface area contributed by atoms with E-state index in [1.54, 1.807) is 0 Å². The number of hydrogen-bond donors (Lipinski definition) is 0. The van der Waals surface area contributed by atoms with Gasteiger partial charge in [-0.05, 0) is 11.3 Å². The van der Waals surface area contributed by atoms with E-state index < -0.39 is 0 Å².